The molecule has 2 aromatic heterocycles. The van der Waals surface area contributed by atoms with Crippen LogP contribution in [0.25, 0.3) is 76.9 Å². The summed E-state index contributed by atoms with van der Waals surface area (Å²) < 4.78 is 4.89. The molecule has 0 spiro atoms. The van der Waals surface area contributed by atoms with E-state index in [0.29, 0.717) is 0 Å². The summed E-state index contributed by atoms with van der Waals surface area (Å²) in [6.45, 7) is 0. The summed E-state index contributed by atoms with van der Waals surface area (Å²) >= 11 is 0. The van der Waals surface area contributed by atoms with Crippen molar-refractivity contribution in [3.8, 4) is 22.5 Å². The zero-order valence-corrected chi connectivity index (χ0v) is 37.2. The third kappa shape index (κ3) is 6.61. The number of hydrogen-bond donors (Lipinski definition) is 0. The second-order valence-corrected chi connectivity index (χ2v) is 17.4. The quantitative estimate of drug-likeness (QED) is 0.144. The maximum absolute atomic E-state index is 2.46. The third-order valence-corrected chi connectivity index (χ3v) is 13.4. The van der Waals surface area contributed by atoms with Gasteiger partial charge in [-0.3, -0.25) is 0 Å². The monoisotopic (exact) mass is 868 g/mol. The lowest BCUT2D eigenvalue weighted by Crippen LogP contribution is -2.14. The van der Waals surface area contributed by atoms with Crippen LogP contribution in [-0.4, -0.2) is 9.13 Å². The van der Waals surface area contributed by atoms with Gasteiger partial charge in [0.15, 0.2) is 0 Å². The van der Waals surface area contributed by atoms with E-state index in [1.807, 2.05) is 0 Å². The Bertz CT molecular complexity index is 3910. The van der Waals surface area contributed by atoms with Crippen molar-refractivity contribution in [2.24, 2.45) is 0 Å². The van der Waals surface area contributed by atoms with Gasteiger partial charge in [0, 0.05) is 55.7 Å². The molecule has 0 atom stereocenters. The van der Waals surface area contributed by atoms with Crippen LogP contribution in [0.4, 0.5) is 34.1 Å². The highest BCUT2D eigenvalue weighted by Gasteiger charge is 2.26. The van der Waals surface area contributed by atoms with E-state index < -0.39 is 0 Å². The molecule has 0 aliphatic carbocycles. The van der Waals surface area contributed by atoms with Crippen molar-refractivity contribution < 1.29 is 0 Å². The van der Waals surface area contributed by atoms with Gasteiger partial charge in [-0.1, -0.05) is 164 Å². The topological polar surface area (TPSA) is 16.3 Å². The Kier molecular flexibility index (Phi) is 9.47. The van der Waals surface area contributed by atoms with Crippen LogP contribution >= 0.6 is 0 Å². The number of anilines is 6. The van der Waals surface area contributed by atoms with Crippen molar-refractivity contribution in [3.63, 3.8) is 0 Å². The van der Waals surface area contributed by atoms with Gasteiger partial charge in [0.1, 0.15) is 0 Å². The first-order chi connectivity index (χ1) is 33.7. The molecule has 0 bridgehead atoms. The molecule has 13 rings (SSSR count). The van der Waals surface area contributed by atoms with Gasteiger partial charge >= 0.3 is 0 Å². The van der Waals surface area contributed by atoms with E-state index in [9.17, 15) is 0 Å². The molecule has 0 fully saturated rings. The summed E-state index contributed by atoms with van der Waals surface area (Å²) in [5, 5.41) is 7.24. The summed E-state index contributed by atoms with van der Waals surface area (Å²) in [7, 11) is 0. The van der Waals surface area contributed by atoms with Gasteiger partial charge in [-0.05, 0) is 125 Å². The average molecular weight is 869 g/mol. The zero-order chi connectivity index (χ0) is 45.0. The van der Waals surface area contributed by atoms with Crippen molar-refractivity contribution in [3.05, 3.63) is 267 Å². The number of fused-ring (bicyclic) bond motifs is 7. The van der Waals surface area contributed by atoms with Crippen LogP contribution in [0.15, 0.2) is 267 Å². The Balaban J connectivity index is 1.14. The lowest BCUT2D eigenvalue weighted by atomic mass is 10.0. The van der Waals surface area contributed by atoms with Gasteiger partial charge in [0.25, 0.3) is 0 Å². The van der Waals surface area contributed by atoms with Crippen molar-refractivity contribution in [2.45, 2.75) is 0 Å². The fraction of sp³-hybridized carbons (Fsp3) is 0. The van der Waals surface area contributed by atoms with Crippen molar-refractivity contribution in [2.75, 3.05) is 9.80 Å². The molecule has 4 nitrogen and oxygen atoms in total. The van der Waals surface area contributed by atoms with Crippen LogP contribution < -0.4 is 9.80 Å². The minimum Gasteiger partial charge on any atom is -0.310 e. The molecule has 68 heavy (non-hydrogen) atoms. The molecule has 0 radical (unpaired) electrons. The van der Waals surface area contributed by atoms with E-state index in [1.165, 1.54) is 49.0 Å². The van der Waals surface area contributed by atoms with Crippen LogP contribution in [0.3, 0.4) is 0 Å². The van der Waals surface area contributed by atoms with Crippen molar-refractivity contribution in [1.82, 2.24) is 9.13 Å². The Labute approximate surface area is 395 Å². The minimum absolute atomic E-state index is 1.03. The molecule has 0 aliphatic heterocycles. The molecule has 0 unspecified atom stereocenters. The van der Waals surface area contributed by atoms with E-state index in [1.54, 1.807) is 0 Å². The fourth-order valence-electron chi connectivity index (χ4n) is 10.4. The molecule has 2 heterocycles. The predicted molar refractivity (Wildman–Crippen MR) is 287 cm³/mol. The second kappa shape index (κ2) is 16.4. The van der Waals surface area contributed by atoms with E-state index >= 15 is 0 Å². The lowest BCUT2D eigenvalue weighted by molar-refractivity contribution is 1.17. The minimum atomic E-state index is 1.03. The molecule has 0 amide bonds. The number of aromatic nitrogens is 2. The average Bonchev–Trinajstić information content (AvgIpc) is 3.91. The van der Waals surface area contributed by atoms with Gasteiger partial charge in [-0.15, -0.1) is 0 Å². The Morgan fingerprint density at radius 1 is 0.250 bits per heavy atom. The van der Waals surface area contributed by atoms with Gasteiger partial charge in [0.2, 0.25) is 0 Å². The third-order valence-electron chi connectivity index (χ3n) is 13.4. The largest absolute Gasteiger partial charge is 0.310 e. The second-order valence-electron chi connectivity index (χ2n) is 17.4. The van der Waals surface area contributed by atoms with Crippen molar-refractivity contribution in [1.29, 1.82) is 0 Å². The molecular formula is C64H44N4. The Morgan fingerprint density at radius 3 is 1.46 bits per heavy atom. The first kappa shape index (κ1) is 39.3. The summed E-state index contributed by atoms with van der Waals surface area (Å²) in [6, 6.07) is 96.8. The summed E-state index contributed by atoms with van der Waals surface area (Å²) in [6.07, 6.45) is 0. The maximum Gasteiger partial charge on any atom is 0.0583 e. The van der Waals surface area contributed by atoms with E-state index in [4.69, 9.17) is 0 Å². The predicted octanol–water partition coefficient (Wildman–Crippen LogP) is 17.6. The smallest absolute Gasteiger partial charge is 0.0583 e. The van der Waals surface area contributed by atoms with Gasteiger partial charge in [-0.2, -0.15) is 0 Å². The molecule has 0 saturated heterocycles. The van der Waals surface area contributed by atoms with Crippen molar-refractivity contribution >= 4 is 88.5 Å². The first-order valence-corrected chi connectivity index (χ1v) is 23.3. The fourth-order valence-corrected chi connectivity index (χ4v) is 10.4. The Morgan fingerprint density at radius 2 is 0.765 bits per heavy atom. The van der Waals surface area contributed by atoms with Crippen LogP contribution in [0.1, 0.15) is 0 Å². The van der Waals surface area contributed by atoms with Gasteiger partial charge < -0.3 is 18.9 Å². The van der Waals surface area contributed by atoms with E-state index in [0.717, 1.165) is 62.0 Å². The molecule has 11 aromatic carbocycles. The van der Waals surface area contributed by atoms with Gasteiger partial charge in [0.05, 0.1) is 33.4 Å². The summed E-state index contributed by atoms with van der Waals surface area (Å²) in [4.78, 5) is 4.86. The molecule has 13 aromatic rings. The number of benzene rings is 11. The van der Waals surface area contributed by atoms with E-state index in [-0.39, 0.29) is 0 Å². The van der Waals surface area contributed by atoms with Crippen LogP contribution in [-0.2, 0) is 0 Å². The number of nitrogens with zero attached hydrogens (tertiary/aromatic N) is 4. The number of rotatable bonds is 9. The molecule has 0 saturated carbocycles. The van der Waals surface area contributed by atoms with Crippen LogP contribution in [0.5, 0.6) is 0 Å². The zero-order valence-electron chi connectivity index (χ0n) is 37.2. The molecule has 4 heteroatoms. The molecular weight excluding hydrogens is 825 g/mol. The standard InChI is InChI=1S/C64H44N4/c1-6-21-45(22-7-1)46-25-20-34-53(39-46)68-59-36-19-18-35-57(59)64-62(66(50-28-10-3-11-29-50)51-30-12-4-13-31-51)43-55(44-63(64)68)65(49-26-8-2-9-27-49)54-37-38-56-58-40-47-23-16-17-24-48(47)41-60(58)67(61(56)42-54)52-32-14-5-15-33-52/h1-44H. The highest BCUT2D eigenvalue weighted by atomic mass is 15.2. The van der Waals surface area contributed by atoms with Gasteiger partial charge in [-0.25, -0.2) is 0 Å². The molecule has 0 aliphatic rings. The molecule has 0 N–H and O–H groups in total. The number of para-hydroxylation sites is 5. The molecule has 320 valence electrons. The highest BCUT2D eigenvalue weighted by molar-refractivity contribution is 6.19. The van der Waals surface area contributed by atoms with Crippen LogP contribution in [0, 0.1) is 0 Å². The summed E-state index contributed by atoms with van der Waals surface area (Å²) in [5.74, 6) is 0. The highest BCUT2D eigenvalue weighted by Crippen LogP contribution is 2.49. The maximum atomic E-state index is 2.46. The summed E-state index contributed by atoms with van der Waals surface area (Å²) in [5.41, 5.74) is 15.5. The van der Waals surface area contributed by atoms with Crippen LogP contribution in [0.2, 0.25) is 0 Å². The first-order valence-electron chi connectivity index (χ1n) is 23.3. The van der Waals surface area contributed by atoms with E-state index in [2.05, 4.69) is 286 Å². The normalized spacial score (nSPS) is 11.5. The Hall–Kier alpha value is -9.12. The number of hydrogen-bond acceptors (Lipinski definition) is 2. The lowest BCUT2D eigenvalue weighted by Gasteiger charge is -2.30. The SMILES string of the molecule is c1ccc(-c2cccc(-n3c4ccccc4c4c(N(c5ccccc5)c5ccccc5)cc(N(c5ccccc5)c5ccc6c7cc8ccccc8cc7n(-c7ccccc7)c6c5)cc43)c2)cc1.